The molecule has 0 saturated carbocycles. The topological polar surface area (TPSA) is 59.1 Å². The first-order valence-corrected chi connectivity index (χ1v) is 16.3. The van der Waals surface area contributed by atoms with Crippen LogP contribution < -0.4 is 5.32 Å². The molecule has 280 valence electrons. The molecular formula is C34H44F9N5O2. The minimum atomic E-state index is -4.39. The molecule has 0 aromatic heterocycles. The number of hydrogen-bond donors (Lipinski definition) is 1. The average molecular weight is 726 g/mol. The first-order valence-electron chi connectivity index (χ1n) is 16.3. The zero-order valence-electron chi connectivity index (χ0n) is 28.0. The van der Waals surface area contributed by atoms with E-state index in [4.69, 9.17) is 0 Å². The molecule has 3 atom stereocenters. The lowest BCUT2D eigenvalue weighted by Crippen LogP contribution is -2.59. The number of likely N-dealkylation sites (tertiary alicyclic amines) is 1. The van der Waals surface area contributed by atoms with Gasteiger partial charge < -0.3 is 15.1 Å². The summed E-state index contributed by atoms with van der Waals surface area (Å²) in [6, 6.07) is 15.7. The molecule has 7 nitrogen and oxygen atoms in total. The molecule has 16 heteroatoms. The van der Waals surface area contributed by atoms with E-state index in [-0.39, 0.29) is 39.1 Å². The van der Waals surface area contributed by atoms with Crippen LogP contribution in [0.4, 0.5) is 39.5 Å². The number of benzene rings is 2. The molecular weight excluding hydrogens is 681 g/mol. The van der Waals surface area contributed by atoms with Gasteiger partial charge in [-0.1, -0.05) is 60.7 Å². The molecule has 3 saturated heterocycles. The van der Waals surface area contributed by atoms with Crippen molar-refractivity contribution in [3.8, 4) is 0 Å². The van der Waals surface area contributed by atoms with Crippen LogP contribution in [0.5, 0.6) is 0 Å². The molecule has 2 aromatic carbocycles. The van der Waals surface area contributed by atoms with Crippen LogP contribution in [0.25, 0.3) is 0 Å². The Balaban J connectivity index is 0.000000208. The van der Waals surface area contributed by atoms with Crippen molar-refractivity contribution in [3.63, 3.8) is 0 Å². The zero-order valence-corrected chi connectivity index (χ0v) is 28.0. The highest BCUT2D eigenvalue weighted by molar-refractivity contribution is 5.74. The summed E-state index contributed by atoms with van der Waals surface area (Å²) in [4.78, 5) is 27.6. The Morgan fingerprint density at radius 2 is 1.12 bits per heavy atom. The van der Waals surface area contributed by atoms with E-state index in [1.54, 1.807) is 4.90 Å². The molecule has 3 unspecified atom stereocenters. The molecule has 0 spiro atoms. The van der Waals surface area contributed by atoms with Crippen LogP contribution in [0, 0.1) is 5.92 Å². The quantitative estimate of drug-likeness (QED) is 0.386. The Labute approximate surface area is 286 Å². The van der Waals surface area contributed by atoms with Crippen molar-refractivity contribution in [1.82, 2.24) is 24.9 Å². The van der Waals surface area contributed by atoms with Crippen molar-refractivity contribution in [1.29, 1.82) is 0 Å². The molecule has 5 rings (SSSR count). The molecule has 0 radical (unpaired) electrons. The molecule has 2 amide bonds. The molecule has 0 aliphatic carbocycles. The molecule has 3 aliphatic rings. The molecule has 3 fully saturated rings. The number of carbonyl (C=O) groups excluding carboxylic acids is 2. The largest absolute Gasteiger partial charge is 0.410 e. The van der Waals surface area contributed by atoms with Gasteiger partial charge in [0.2, 0.25) is 11.8 Å². The van der Waals surface area contributed by atoms with Gasteiger partial charge in [-0.15, -0.1) is 0 Å². The minimum absolute atomic E-state index is 0.117. The summed E-state index contributed by atoms with van der Waals surface area (Å²) in [6.45, 7) is 5.09. The molecule has 50 heavy (non-hydrogen) atoms. The maximum Gasteiger partial charge on any atom is 0.410 e. The Kier molecular flexibility index (Phi) is 15.0. The Bertz CT molecular complexity index is 1330. The van der Waals surface area contributed by atoms with Gasteiger partial charge in [-0.2, -0.15) is 39.5 Å². The van der Waals surface area contributed by atoms with E-state index in [1.807, 2.05) is 65.6 Å². The van der Waals surface area contributed by atoms with Gasteiger partial charge in [-0.3, -0.25) is 19.4 Å². The smallest absolute Gasteiger partial charge is 0.328 e. The van der Waals surface area contributed by atoms with Crippen LogP contribution >= 0.6 is 0 Å². The van der Waals surface area contributed by atoms with Crippen LogP contribution in [0.2, 0.25) is 0 Å². The van der Waals surface area contributed by atoms with Gasteiger partial charge in [0.1, 0.15) is 12.1 Å². The van der Waals surface area contributed by atoms with Crippen molar-refractivity contribution < 1.29 is 49.1 Å². The number of hydrogen-bond acceptors (Lipinski definition) is 5. The lowest BCUT2D eigenvalue weighted by atomic mass is 9.97. The van der Waals surface area contributed by atoms with Crippen LogP contribution in [0.1, 0.15) is 37.8 Å². The number of alkyl halides is 9. The number of rotatable bonds is 4. The maximum atomic E-state index is 13.0. The second kappa shape index (κ2) is 18.2. The molecule has 0 bridgehead atoms. The van der Waals surface area contributed by atoms with E-state index < -0.39 is 48.3 Å². The van der Waals surface area contributed by atoms with Crippen LogP contribution in [-0.4, -0.2) is 114 Å². The standard InChI is InChI=1S/C14H17F3N2O.C13H16F3N.C7H11F3N2O/c1-11(20)19-8-7-18(10-13(19)14(15,16)17)9-12-5-3-2-4-6-12;14-13(15,16)12-7-4-8-17(10-12)9-11-5-2-1-3-6-11;1-5(13)12-3-2-11-4-6(12)7(8,9)10/h2-6,13H,7-10H2,1H3;1-3,5-6,12H,4,7-10H2;6,11H,2-4H2,1H3. The van der Waals surface area contributed by atoms with Crippen molar-refractivity contribution in [2.45, 2.75) is 70.4 Å². The predicted octanol–water partition coefficient (Wildman–Crippen LogP) is 6.11. The molecule has 1 N–H and O–H groups in total. The van der Waals surface area contributed by atoms with Crippen molar-refractivity contribution in [2.75, 3.05) is 52.4 Å². The van der Waals surface area contributed by atoms with Crippen molar-refractivity contribution in [3.05, 3.63) is 71.8 Å². The highest BCUT2D eigenvalue weighted by atomic mass is 19.4. The molecule has 3 aliphatic heterocycles. The summed E-state index contributed by atoms with van der Waals surface area (Å²) in [5.41, 5.74) is 2.06. The second-order valence-electron chi connectivity index (χ2n) is 12.6. The van der Waals surface area contributed by atoms with E-state index in [1.165, 1.54) is 6.92 Å². The summed E-state index contributed by atoms with van der Waals surface area (Å²) in [6.07, 6.45) is -11.9. The number of amides is 2. The fraction of sp³-hybridized carbons (Fsp3) is 0.588. The Hall–Kier alpha value is -3.37. The van der Waals surface area contributed by atoms with Gasteiger partial charge in [-0.25, -0.2) is 0 Å². The average Bonchev–Trinajstić information content (AvgIpc) is 3.05. The number of piperazine rings is 2. The number of carbonyl (C=O) groups is 2. The summed E-state index contributed by atoms with van der Waals surface area (Å²) >= 11 is 0. The van der Waals surface area contributed by atoms with Crippen molar-refractivity contribution >= 4 is 11.8 Å². The summed E-state index contributed by atoms with van der Waals surface area (Å²) in [7, 11) is 0. The third-order valence-corrected chi connectivity index (χ3v) is 8.74. The first-order chi connectivity index (χ1) is 23.4. The monoisotopic (exact) mass is 725 g/mol. The fourth-order valence-corrected chi connectivity index (χ4v) is 6.16. The third-order valence-electron chi connectivity index (χ3n) is 8.74. The number of nitrogens with zero attached hydrogens (tertiary/aromatic N) is 4. The van der Waals surface area contributed by atoms with E-state index in [0.717, 1.165) is 34.4 Å². The van der Waals surface area contributed by atoms with Gasteiger partial charge >= 0.3 is 18.5 Å². The van der Waals surface area contributed by atoms with Gasteiger partial charge in [0.25, 0.3) is 0 Å². The summed E-state index contributed by atoms with van der Waals surface area (Å²) in [5.74, 6) is -2.20. The molecule has 2 aromatic rings. The predicted molar refractivity (Wildman–Crippen MR) is 170 cm³/mol. The number of halogens is 9. The highest BCUT2D eigenvalue weighted by Crippen LogP contribution is 2.33. The second-order valence-corrected chi connectivity index (χ2v) is 12.6. The summed E-state index contributed by atoms with van der Waals surface area (Å²) < 4.78 is 114. The van der Waals surface area contributed by atoms with E-state index in [0.29, 0.717) is 32.6 Å². The van der Waals surface area contributed by atoms with Crippen molar-refractivity contribution in [2.24, 2.45) is 5.92 Å². The van der Waals surface area contributed by atoms with E-state index in [9.17, 15) is 49.1 Å². The van der Waals surface area contributed by atoms with Gasteiger partial charge in [-0.05, 0) is 30.5 Å². The van der Waals surface area contributed by atoms with Crippen LogP contribution in [-0.2, 0) is 22.7 Å². The van der Waals surface area contributed by atoms with Gasteiger partial charge in [0, 0.05) is 72.8 Å². The van der Waals surface area contributed by atoms with E-state index in [2.05, 4.69) is 5.32 Å². The van der Waals surface area contributed by atoms with Gasteiger partial charge in [0.15, 0.2) is 0 Å². The number of nitrogens with one attached hydrogen (secondary N) is 1. The SMILES string of the molecule is CC(=O)N1CCN(Cc2ccccc2)CC1C(F)(F)F.CC(=O)N1CCNCC1C(F)(F)F.FC(F)(F)C1CCCN(Cc2ccccc2)C1. The molecule has 3 heterocycles. The fourth-order valence-electron chi connectivity index (χ4n) is 6.16. The van der Waals surface area contributed by atoms with Gasteiger partial charge in [0.05, 0.1) is 5.92 Å². The van der Waals surface area contributed by atoms with E-state index >= 15 is 0 Å². The normalized spacial score (nSPS) is 22.5. The minimum Gasteiger partial charge on any atom is -0.328 e. The highest BCUT2D eigenvalue weighted by Gasteiger charge is 2.48. The third kappa shape index (κ3) is 13.1. The summed E-state index contributed by atoms with van der Waals surface area (Å²) in [5, 5.41) is 2.61. The first kappa shape index (κ1) is 41.1. The Morgan fingerprint density at radius 1 is 0.640 bits per heavy atom. The lowest BCUT2D eigenvalue weighted by molar-refractivity contribution is -0.200. The Morgan fingerprint density at radius 3 is 1.56 bits per heavy atom. The number of piperidine rings is 1. The van der Waals surface area contributed by atoms with Crippen LogP contribution in [0.3, 0.4) is 0 Å². The maximum absolute atomic E-state index is 13.0. The zero-order chi connectivity index (χ0) is 37.1. The van der Waals surface area contributed by atoms with Crippen LogP contribution in [0.15, 0.2) is 60.7 Å². The lowest BCUT2D eigenvalue weighted by Gasteiger charge is -2.41.